The molecule has 126 valence electrons. The van der Waals surface area contributed by atoms with Gasteiger partial charge < -0.3 is 14.9 Å². The summed E-state index contributed by atoms with van der Waals surface area (Å²) in [6, 6.07) is 8.32. The standard InChI is InChI=1S/C19H28N2O2/c1-15-7-4-5-8-16(15)13-17-10-12-21(14-18(17)22)19(23)9-6-11-20(2)3/h4-9,17-18,22H,10-14H2,1-3H3/t17-,18+/m1/s1. The van der Waals surface area contributed by atoms with E-state index in [2.05, 4.69) is 19.1 Å². The van der Waals surface area contributed by atoms with Crippen molar-refractivity contribution in [2.45, 2.75) is 25.9 Å². The number of likely N-dealkylation sites (tertiary alicyclic amines) is 1. The number of hydrogen-bond acceptors (Lipinski definition) is 3. The molecule has 1 saturated heterocycles. The summed E-state index contributed by atoms with van der Waals surface area (Å²) in [6.45, 7) is 4.01. The van der Waals surface area contributed by atoms with Crippen LogP contribution in [0.1, 0.15) is 17.5 Å². The molecule has 0 saturated carbocycles. The Morgan fingerprint density at radius 2 is 2.13 bits per heavy atom. The van der Waals surface area contributed by atoms with E-state index < -0.39 is 6.10 Å². The van der Waals surface area contributed by atoms with Gasteiger partial charge in [-0.1, -0.05) is 30.3 Å². The van der Waals surface area contributed by atoms with Gasteiger partial charge in [-0.3, -0.25) is 4.79 Å². The smallest absolute Gasteiger partial charge is 0.246 e. The maximum absolute atomic E-state index is 12.2. The van der Waals surface area contributed by atoms with E-state index in [0.29, 0.717) is 6.54 Å². The minimum atomic E-state index is -0.449. The van der Waals surface area contributed by atoms with Crippen molar-refractivity contribution in [3.05, 3.63) is 47.5 Å². The molecular weight excluding hydrogens is 288 g/mol. The molecule has 0 spiro atoms. The largest absolute Gasteiger partial charge is 0.391 e. The average Bonchev–Trinajstić information content (AvgIpc) is 2.50. The maximum Gasteiger partial charge on any atom is 0.246 e. The molecule has 0 bridgehead atoms. The van der Waals surface area contributed by atoms with E-state index in [1.165, 1.54) is 11.1 Å². The van der Waals surface area contributed by atoms with Crippen LogP contribution in [0.25, 0.3) is 0 Å². The summed E-state index contributed by atoms with van der Waals surface area (Å²) in [5.41, 5.74) is 2.56. The van der Waals surface area contributed by atoms with E-state index >= 15 is 0 Å². The van der Waals surface area contributed by atoms with E-state index in [4.69, 9.17) is 0 Å². The van der Waals surface area contributed by atoms with Gasteiger partial charge in [-0.25, -0.2) is 0 Å². The van der Waals surface area contributed by atoms with Gasteiger partial charge in [0, 0.05) is 25.7 Å². The zero-order valence-electron chi connectivity index (χ0n) is 14.4. The Labute approximate surface area is 139 Å². The fourth-order valence-electron chi connectivity index (χ4n) is 3.01. The lowest BCUT2D eigenvalue weighted by atomic mass is 9.86. The molecule has 1 fully saturated rings. The van der Waals surface area contributed by atoms with E-state index in [9.17, 15) is 9.90 Å². The number of benzene rings is 1. The van der Waals surface area contributed by atoms with Crippen molar-refractivity contribution in [1.29, 1.82) is 0 Å². The van der Waals surface area contributed by atoms with Gasteiger partial charge in [-0.05, 0) is 50.9 Å². The lowest BCUT2D eigenvalue weighted by Gasteiger charge is -2.35. The summed E-state index contributed by atoms with van der Waals surface area (Å²) in [5, 5.41) is 10.4. The van der Waals surface area contributed by atoms with E-state index in [1.54, 1.807) is 11.0 Å². The number of carbonyl (C=O) groups is 1. The predicted molar refractivity (Wildman–Crippen MR) is 93.3 cm³/mol. The SMILES string of the molecule is Cc1ccccc1C[C@H]1CCN(C(=O)C=CCN(C)C)C[C@@H]1O. The monoisotopic (exact) mass is 316 g/mol. The van der Waals surface area contributed by atoms with Crippen molar-refractivity contribution in [2.75, 3.05) is 33.7 Å². The second kappa shape index (κ2) is 8.27. The molecule has 4 nitrogen and oxygen atoms in total. The first-order valence-corrected chi connectivity index (χ1v) is 8.30. The zero-order chi connectivity index (χ0) is 16.8. The molecule has 1 amide bonds. The number of piperidine rings is 1. The molecule has 23 heavy (non-hydrogen) atoms. The molecule has 0 aliphatic carbocycles. The van der Waals surface area contributed by atoms with Crippen LogP contribution in [0.15, 0.2) is 36.4 Å². The quantitative estimate of drug-likeness (QED) is 0.843. The highest BCUT2D eigenvalue weighted by molar-refractivity contribution is 5.87. The van der Waals surface area contributed by atoms with Crippen LogP contribution in [-0.4, -0.2) is 60.6 Å². The Morgan fingerprint density at radius 3 is 2.78 bits per heavy atom. The number of likely N-dealkylation sites (N-methyl/N-ethyl adjacent to an activating group) is 1. The molecule has 1 heterocycles. The highest BCUT2D eigenvalue weighted by Gasteiger charge is 2.29. The lowest BCUT2D eigenvalue weighted by Crippen LogP contribution is -2.46. The van der Waals surface area contributed by atoms with Crippen LogP contribution in [0.3, 0.4) is 0 Å². The van der Waals surface area contributed by atoms with Gasteiger partial charge in [-0.15, -0.1) is 0 Å². The molecule has 1 aliphatic rings. The normalized spacial score (nSPS) is 22.0. The molecule has 0 aromatic heterocycles. The van der Waals surface area contributed by atoms with Crippen LogP contribution < -0.4 is 0 Å². The molecule has 1 aromatic rings. The molecular formula is C19H28N2O2. The van der Waals surface area contributed by atoms with Gasteiger partial charge in [0.05, 0.1) is 6.10 Å². The lowest BCUT2D eigenvalue weighted by molar-refractivity contribution is -0.130. The highest BCUT2D eigenvalue weighted by atomic mass is 16.3. The van der Waals surface area contributed by atoms with Crippen molar-refractivity contribution in [3.8, 4) is 0 Å². The molecule has 1 aromatic carbocycles. The number of hydrogen-bond donors (Lipinski definition) is 1. The van der Waals surface area contributed by atoms with Gasteiger partial charge in [0.2, 0.25) is 5.91 Å². The summed E-state index contributed by atoms with van der Waals surface area (Å²) in [5.74, 6) is 0.228. The van der Waals surface area contributed by atoms with Crippen molar-refractivity contribution in [3.63, 3.8) is 0 Å². The first-order chi connectivity index (χ1) is 11.0. The van der Waals surface area contributed by atoms with Crippen molar-refractivity contribution in [1.82, 2.24) is 9.80 Å². The molecule has 4 heteroatoms. The van der Waals surface area contributed by atoms with E-state index in [-0.39, 0.29) is 11.8 Å². The molecule has 2 atom stereocenters. The van der Waals surface area contributed by atoms with Crippen LogP contribution in [-0.2, 0) is 11.2 Å². The van der Waals surface area contributed by atoms with E-state index in [0.717, 1.165) is 25.9 Å². The fourth-order valence-corrected chi connectivity index (χ4v) is 3.01. The molecule has 2 rings (SSSR count). The third kappa shape index (κ3) is 5.19. The van der Waals surface area contributed by atoms with Gasteiger partial charge >= 0.3 is 0 Å². The van der Waals surface area contributed by atoms with Crippen molar-refractivity contribution in [2.24, 2.45) is 5.92 Å². The summed E-state index contributed by atoms with van der Waals surface area (Å²) in [4.78, 5) is 15.9. The van der Waals surface area contributed by atoms with Crippen LogP contribution in [0, 0.1) is 12.8 Å². The Bertz CT molecular complexity index is 554. The Balaban J connectivity index is 1.88. The third-order valence-corrected chi connectivity index (χ3v) is 4.51. The van der Waals surface area contributed by atoms with Crippen LogP contribution >= 0.6 is 0 Å². The topological polar surface area (TPSA) is 43.8 Å². The summed E-state index contributed by atoms with van der Waals surface area (Å²) in [6.07, 6.45) is 4.77. The van der Waals surface area contributed by atoms with Gasteiger partial charge in [0.1, 0.15) is 0 Å². The fraction of sp³-hybridized carbons (Fsp3) is 0.526. The number of nitrogens with zero attached hydrogens (tertiary/aromatic N) is 2. The van der Waals surface area contributed by atoms with Crippen molar-refractivity contribution < 1.29 is 9.90 Å². The highest BCUT2D eigenvalue weighted by Crippen LogP contribution is 2.23. The number of β-amino-alcohol motifs (C(OH)–C–C–N with tert-alkyl or cyclic N) is 1. The maximum atomic E-state index is 12.2. The summed E-state index contributed by atoms with van der Waals surface area (Å²) < 4.78 is 0. The second-order valence-corrected chi connectivity index (χ2v) is 6.70. The predicted octanol–water partition coefficient (Wildman–Crippen LogP) is 1.86. The third-order valence-electron chi connectivity index (χ3n) is 4.51. The van der Waals surface area contributed by atoms with Gasteiger partial charge in [0.25, 0.3) is 0 Å². The number of amides is 1. The number of rotatable bonds is 5. The Kier molecular flexibility index (Phi) is 6.37. The molecule has 1 N–H and O–H groups in total. The van der Waals surface area contributed by atoms with Crippen LogP contribution in [0.2, 0.25) is 0 Å². The van der Waals surface area contributed by atoms with E-state index in [1.807, 2.05) is 37.2 Å². The first kappa shape index (κ1) is 17.7. The molecule has 1 aliphatic heterocycles. The zero-order valence-corrected chi connectivity index (χ0v) is 14.4. The molecule has 0 unspecified atom stereocenters. The summed E-state index contributed by atoms with van der Waals surface area (Å²) in [7, 11) is 3.94. The number of carbonyl (C=O) groups excluding carboxylic acids is 1. The number of aliphatic hydroxyl groups excluding tert-OH is 1. The summed E-state index contributed by atoms with van der Waals surface area (Å²) >= 11 is 0. The number of aryl methyl sites for hydroxylation is 1. The minimum absolute atomic E-state index is 0.000224. The first-order valence-electron chi connectivity index (χ1n) is 8.30. The number of aliphatic hydroxyl groups is 1. The van der Waals surface area contributed by atoms with Gasteiger partial charge in [0.15, 0.2) is 0 Å². The average molecular weight is 316 g/mol. The van der Waals surface area contributed by atoms with Crippen molar-refractivity contribution >= 4 is 5.91 Å². The van der Waals surface area contributed by atoms with Crippen LogP contribution in [0.5, 0.6) is 0 Å². The Hall–Kier alpha value is -1.65. The van der Waals surface area contributed by atoms with Gasteiger partial charge in [-0.2, -0.15) is 0 Å². The molecule has 0 radical (unpaired) electrons. The minimum Gasteiger partial charge on any atom is -0.391 e. The second-order valence-electron chi connectivity index (χ2n) is 6.70. The van der Waals surface area contributed by atoms with Crippen LogP contribution in [0.4, 0.5) is 0 Å². The Morgan fingerprint density at radius 1 is 1.39 bits per heavy atom.